The molecule has 0 bridgehead atoms. The highest BCUT2D eigenvalue weighted by Crippen LogP contribution is 2.52. The average molecular weight is 535 g/mol. The van der Waals surface area contributed by atoms with Crippen LogP contribution in [0.25, 0.3) is 0 Å². The molecule has 0 radical (unpaired) electrons. The smallest absolute Gasteiger partial charge is 0.243 e. The van der Waals surface area contributed by atoms with E-state index in [9.17, 15) is 22.8 Å². The topological polar surface area (TPSA) is 91.8 Å². The Hall–Kier alpha value is -3.14. The fourth-order valence-electron chi connectivity index (χ4n) is 6.23. The number of ketones is 1. The number of carbonyl (C=O) groups is 3. The van der Waals surface area contributed by atoms with Crippen molar-refractivity contribution in [2.24, 2.45) is 23.7 Å². The van der Waals surface area contributed by atoms with E-state index in [4.69, 9.17) is 0 Å². The molecule has 190 valence electrons. The van der Waals surface area contributed by atoms with Gasteiger partial charge in [-0.1, -0.05) is 42.0 Å². The first-order valence-electron chi connectivity index (χ1n) is 12.3. The first-order chi connectivity index (χ1) is 17.8. The van der Waals surface area contributed by atoms with E-state index in [1.165, 1.54) is 20.5 Å². The van der Waals surface area contributed by atoms with Gasteiger partial charge >= 0.3 is 0 Å². The molecule has 6 rings (SSSR count). The summed E-state index contributed by atoms with van der Waals surface area (Å²) in [4.78, 5) is 42.7. The lowest BCUT2D eigenvalue weighted by molar-refractivity contribution is -0.140. The Morgan fingerprint density at radius 1 is 0.865 bits per heavy atom. The van der Waals surface area contributed by atoms with Crippen LogP contribution in [0, 0.1) is 30.6 Å². The maximum absolute atomic E-state index is 13.9. The van der Waals surface area contributed by atoms with Crippen molar-refractivity contribution in [3.8, 4) is 0 Å². The van der Waals surface area contributed by atoms with Gasteiger partial charge in [-0.05, 0) is 55.0 Å². The fourth-order valence-corrected chi connectivity index (χ4v) is 8.79. The minimum absolute atomic E-state index is 0.00168. The number of nitrogens with zero attached hydrogens (tertiary/aromatic N) is 2. The number of para-hydroxylation sites is 1. The second kappa shape index (κ2) is 9.01. The lowest BCUT2D eigenvalue weighted by Gasteiger charge is -2.47. The van der Waals surface area contributed by atoms with Crippen molar-refractivity contribution in [3.63, 3.8) is 0 Å². The number of carbonyl (C=O) groups excluding carboxylic acids is 3. The molecule has 0 N–H and O–H groups in total. The summed E-state index contributed by atoms with van der Waals surface area (Å²) in [6.45, 7) is 1.89. The Bertz CT molecular complexity index is 1470. The van der Waals surface area contributed by atoms with Gasteiger partial charge < -0.3 is 0 Å². The third-order valence-corrected chi connectivity index (χ3v) is 10.9. The predicted octanol–water partition coefficient (Wildman–Crippen LogP) is 4.20. The van der Waals surface area contributed by atoms with Crippen molar-refractivity contribution in [2.75, 3.05) is 11.4 Å². The average Bonchev–Trinajstić information content (AvgIpc) is 3.51. The number of hydrogen-bond acceptors (Lipinski definition) is 6. The van der Waals surface area contributed by atoms with E-state index < -0.39 is 39.7 Å². The second-order valence-corrected chi connectivity index (χ2v) is 12.9. The highest BCUT2D eigenvalue weighted by molar-refractivity contribution is 7.89. The summed E-state index contributed by atoms with van der Waals surface area (Å²) >= 11 is 1.46. The highest BCUT2D eigenvalue weighted by atomic mass is 32.2. The molecule has 3 fully saturated rings. The number of amides is 2. The molecule has 2 aliphatic heterocycles. The highest BCUT2D eigenvalue weighted by Gasteiger charge is 2.60. The van der Waals surface area contributed by atoms with Gasteiger partial charge in [0.25, 0.3) is 0 Å². The maximum Gasteiger partial charge on any atom is 0.243 e. The number of fused-ring (bicyclic) bond motifs is 3. The lowest BCUT2D eigenvalue weighted by atomic mass is 9.63. The molecule has 2 saturated heterocycles. The molecule has 37 heavy (non-hydrogen) atoms. The van der Waals surface area contributed by atoms with Crippen molar-refractivity contribution in [1.82, 2.24) is 4.31 Å². The Morgan fingerprint density at radius 2 is 1.59 bits per heavy atom. The van der Waals surface area contributed by atoms with Gasteiger partial charge in [-0.2, -0.15) is 4.31 Å². The van der Waals surface area contributed by atoms with Crippen molar-refractivity contribution < 1.29 is 22.8 Å². The molecule has 1 saturated carbocycles. The molecule has 2 amide bonds. The van der Waals surface area contributed by atoms with Gasteiger partial charge in [0.2, 0.25) is 21.8 Å². The number of thiophene rings is 1. The SMILES string of the molecule is Cc1ccc(S(=O)(=O)N2C[C@H]3C(=O)C[C@@H]4C(=O)N(c5ccccc5)C(=O)[C@@H]4[C@@H]3C[C@H]2c2cccs2)cc1. The van der Waals surface area contributed by atoms with Gasteiger partial charge in [0.05, 0.1) is 28.5 Å². The number of piperidine rings is 1. The van der Waals surface area contributed by atoms with Crippen LogP contribution in [-0.4, -0.2) is 36.9 Å². The summed E-state index contributed by atoms with van der Waals surface area (Å²) in [5.41, 5.74) is 1.46. The normalized spacial score (nSPS) is 28.3. The number of hydrogen-bond donors (Lipinski definition) is 0. The van der Waals surface area contributed by atoms with Crippen LogP contribution in [0.5, 0.6) is 0 Å². The number of rotatable bonds is 4. The van der Waals surface area contributed by atoms with Crippen molar-refractivity contribution in [1.29, 1.82) is 0 Å². The predicted molar refractivity (Wildman–Crippen MR) is 139 cm³/mol. The van der Waals surface area contributed by atoms with E-state index in [2.05, 4.69) is 0 Å². The molecule has 9 heteroatoms. The molecule has 0 spiro atoms. The molecular formula is C28H26N2O5S2. The van der Waals surface area contributed by atoms with Crippen LogP contribution in [0.15, 0.2) is 77.0 Å². The molecular weight excluding hydrogens is 508 g/mol. The third kappa shape index (κ3) is 3.88. The standard InChI is InChI=1S/C28H26N2O5S2/c1-17-9-11-19(12-10-17)37(34,35)29-16-22-20(14-23(29)25-8-5-13-36-25)26-21(15-24(22)31)27(32)30(28(26)33)18-6-3-2-4-7-18/h2-13,20-23,26H,14-16H2,1H3/t20-,21+,22-,23+,26-/m1/s1. The number of sulfonamides is 1. The molecule has 3 heterocycles. The van der Waals surface area contributed by atoms with Crippen LogP contribution in [0.4, 0.5) is 5.69 Å². The van der Waals surface area contributed by atoms with E-state index >= 15 is 0 Å². The number of Topliss-reactive ketones (excluding diaryl/α,β-unsaturated/α-hetero) is 1. The Kier molecular flexibility index (Phi) is 5.89. The fraction of sp³-hybridized carbons (Fsp3) is 0.321. The minimum Gasteiger partial charge on any atom is -0.299 e. The zero-order valence-electron chi connectivity index (χ0n) is 20.2. The Morgan fingerprint density at radius 3 is 2.27 bits per heavy atom. The van der Waals surface area contributed by atoms with Gasteiger partial charge in [-0.3, -0.25) is 19.3 Å². The van der Waals surface area contributed by atoms with Gasteiger partial charge in [0.1, 0.15) is 5.78 Å². The summed E-state index contributed by atoms with van der Waals surface area (Å²) < 4.78 is 29.2. The molecule has 2 aromatic carbocycles. The first-order valence-corrected chi connectivity index (χ1v) is 14.7. The van der Waals surface area contributed by atoms with Crippen LogP contribution < -0.4 is 4.90 Å². The van der Waals surface area contributed by atoms with E-state index in [0.717, 1.165) is 10.4 Å². The number of imide groups is 1. The van der Waals surface area contributed by atoms with Gasteiger partial charge in [-0.15, -0.1) is 11.3 Å². The quantitative estimate of drug-likeness (QED) is 0.468. The van der Waals surface area contributed by atoms with E-state index in [0.29, 0.717) is 12.1 Å². The first kappa shape index (κ1) is 24.2. The summed E-state index contributed by atoms with van der Waals surface area (Å²) in [5, 5.41) is 1.90. The molecule has 3 aliphatic rings. The summed E-state index contributed by atoms with van der Waals surface area (Å²) in [5.74, 6) is -3.15. The maximum atomic E-state index is 13.9. The lowest BCUT2D eigenvalue weighted by Crippen LogP contribution is -2.54. The second-order valence-electron chi connectivity index (χ2n) is 10.1. The van der Waals surface area contributed by atoms with Crippen LogP contribution >= 0.6 is 11.3 Å². The van der Waals surface area contributed by atoms with Crippen molar-refractivity contribution in [2.45, 2.75) is 30.7 Å². The number of aryl methyl sites for hydroxylation is 1. The van der Waals surface area contributed by atoms with E-state index in [1.54, 1.807) is 48.5 Å². The van der Waals surface area contributed by atoms with Crippen LogP contribution in [0.3, 0.4) is 0 Å². The zero-order chi connectivity index (χ0) is 25.9. The van der Waals surface area contributed by atoms with Crippen molar-refractivity contribution >= 4 is 44.6 Å². The molecule has 0 unspecified atom stereocenters. The van der Waals surface area contributed by atoms with Gasteiger partial charge in [0.15, 0.2) is 0 Å². The molecule has 5 atom stereocenters. The van der Waals surface area contributed by atoms with Crippen LogP contribution in [-0.2, 0) is 24.4 Å². The van der Waals surface area contributed by atoms with Crippen LogP contribution in [0.1, 0.15) is 29.3 Å². The molecule has 1 aliphatic carbocycles. The molecule has 7 nitrogen and oxygen atoms in total. The zero-order valence-corrected chi connectivity index (χ0v) is 21.8. The molecule has 1 aromatic heterocycles. The van der Waals surface area contributed by atoms with E-state index in [-0.39, 0.29) is 35.5 Å². The minimum atomic E-state index is -3.90. The molecule has 3 aromatic rings. The van der Waals surface area contributed by atoms with E-state index in [1.807, 2.05) is 30.5 Å². The largest absolute Gasteiger partial charge is 0.299 e. The number of benzene rings is 2. The van der Waals surface area contributed by atoms with Gasteiger partial charge in [-0.25, -0.2) is 8.42 Å². The van der Waals surface area contributed by atoms with Crippen LogP contribution in [0.2, 0.25) is 0 Å². The monoisotopic (exact) mass is 534 g/mol. The Balaban J connectivity index is 1.40. The third-order valence-electron chi connectivity index (χ3n) is 8.02. The Labute approximate surface area is 219 Å². The summed E-state index contributed by atoms with van der Waals surface area (Å²) in [6.07, 6.45) is 0.270. The summed E-state index contributed by atoms with van der Waals surface area (Å²) in [7, 11) is -3.90. The van der Waals surface area contributed by atoms with Gasteiger partial charge in [0, 0.05) is 23.8 Å². The number of anilines is 1. The van der Waals surface area contributed by atoms with Crippen molar-refractivity contribution in [3.05, 3.63) is 82.6 Å². The summed E-state index contributed by atoms with van der Waals surface area (Å²) in [6, 6.07) is 18.8.